The number of nitrogens with zero attached hydrogens (tertiary/aromatic N) is 1. The number of ether oxygens (including phenoxy) is 1. The minimum atomic E-state index is -0.430. The Bertz CT molecular complexity index is 324. The standard InChI is InChI=1S/C10H14N2O3/c1-8(7-11-2)15-10-5-3-9(4-6-10)12(13)14/h3-6,8,11H,7H2,1-2H3. The van der Waals surface area contributed by atoms with Gasteiger partial charge in [-0.25, -0.2) is 0 Å². The molecule has 0 aliphatic carbocycles. The van der Waals surface area contributed by atoms with Crippen LogP contribution in [-0.4, -0.2) is 24.6 Å². The van der Waals surface area contributed by atoms with Gasteiger partial charge < -0.3 is 10.1 Å². The van der Waals surface area contributed by atoms with Gasteiger partial charge in [0.2, 0.25) is 0 Å². The molecular weight excluding hydrogens is 196 g/mol. The maximum absolute atomic E-state index is 10.4. The molecular formula is C10H14N2O3. The minimum absolute atomic E-state index is 0.0384. The highest BCUT2D eigenvalue weighted by Crippen LogP contribution is 2.18. The summed E-state index contributed by atoms with van der Waals surface area (Å²) < 4.78 is 5.50. The molecule has 0 spiro atoms. The molecule has 82 valence electrons. The Hall–Kier alpha value is -1.62. The van der Waals surface area contributed by atoms with Crippen LogP contribution in [0, 0.1) is 10.1 Å². The molecule has 1 aromatic rings. The Morgan fingerprint density at radius 3 is 2.53 bits per heavy atom. The average molecular weight is 210 g/mol. The molecule has 5 nitrogen and oxygen atoms in total. The molecule has 1 unspecified atom stereocenters. The first-order chi connectivity index (χ1) is 7.13. The van der Waals surface area contributed by atoms with Crippen molar-refractivity contribution in [2.45, 2.75) is 13.0 Å². The molecule has 0 fully saturated rings. The number of nitro groups is 1. The molecule has 0 amide bonds. The number of hydrogen-bond donors (Lipinski definition) is 1. The lowest BCUT2D eigenvalue weighted by molar-refractivity contribution is -0.384. The first kappa shape index (κ1) is 11.5. The van der Waals surface area contributed by atoms with Gasteiger partial charge in [-0.15, -0.1) is 0 Å². The van der Waals surface area contributed by atoms with Gasteiger partial charge in [0.25, 0.3) is 5.69 Å². The van der Waals surface area contributed by atoms with Crippen LogP contribution in [-0.2, 0) is 0 Å². The molecule has 0 saturated carbocycles. The smallest absolute Gasteiger partial charge is 0.269 e. The van der Waals surface area contributed by atoms with Crippen molar-refractivity contribution in [3.05, 3.63) is 34.4 Å². The number of likely N-dealkylation sites (N-methyl/N-ethyl adjacent to an activating group) is 1. The van der Waals surface area contributed by atoms with E-state index in [-0.39, 0.29) is 11.8 Å². The molecule has 5 heteroatoms. The summed E-state index contributed by atoms with van der Waals surface area (Å²) in [5, 5.41) is 13.4. The second kappa shape index (κ2) is 5.31. The van der Waals surface area contributed by atoms with Gasteiger partial charge in [-0.05, 0) is 26.1 Å². The minimum Gasteiger partial charge on any atom is -0.489 e. The fourth-order valence-corrected chi connectivity index (χ4v) is 1.21. The molecule has 15 heavy (non-hydrogen) atoms. The SMILES string of the molecule is CNCC(C)Oc1ccc([N+](=O)[O-])cc1. The monoisotopic (exact) mass is 210 g/mol. The van der Waals surface area contributed by atoms with E-state index in [4.69, 9.17) is 4.74 Å². The van der Waals surface area contributed by atoms with E-state index in [0.717, 1.165) is 6.54 Å². The quantitative estimate of drug-likeness (QED) is 0.592. The number of hydrogen-bond acceptors (Lipinski definition) is 4. The Morgan fingerprint density at radius 2 is 2.07 bits per heavy atom. The molecule has 0 radical (unpaired) electrons. The summed E-state index contributed by atoms with van der Waals surface area (Å²) in [6.45, 7) is 2.66. The normalized spacial score (nSPS) is 12.1. The van der Waals surface area contributed by atoms with E-state index >= 15 is 0 Å². The lowest BCUT2D eigenvalue weighted by atomic mass is 10.3. The fourth-order valence-electron chi connectivity index (χ4n) is 1.21. The summed E-state index contributed by atoms with van der Waals surface area (Å²) in [4.78, 5) is 9.96. The van der Waals surface area contributed by atoms with E-state index in [1.54, 1.807) is 12.1 Å². The van der Waals surface area contributed by atoms with E-state index in [2.05, 4.69) is 5.32 Å². The molecule has 1 aromatic carbocycles. The van der Waals surface area contributed by atoms with Crippen molar-refractivity contribution in [2.75, 3.05) is 13.6 Å². The highest BCUT2D eigenvalue weighted by molar-refractivity contribution is 5.36. The third-order valence-corrected chi connectivity index (χ3v) is 1.88. The summed E-state index contributed by atoms with van der Waals surface area (Å²) in [5.41, 5.74) is 0.0728. The Kier molecular flexibility index (Phi) is 4.05. The van der Waals surface area contributed by atoms with Gasteiger partial charge in [0.05, 0.1) is 4.92 Å². The predicted octanol–water partition coefficient (Wildman–Crippen LogP) is 1.58. The van der Waals surface area contributed by atoms with Gasteiger partial charge >= 0.3 is 0 Å². The van der Waals surface area contributed by atoms with Gasteiger partial charge in [-0.3, -0.25) is 10.1 Å². The van der Waals surface area contributed by atoms with Crippen LogP contribution in [0.3, 0.4) is 0 Å². The predicted molar refractivity (Wildman–Crippen MR) is 57.1 cm³/mol. The van der Waals surface area contributed by atoms with Crippen LogP contribution in [0.4, 0.5) is 5.69 Å². The van der Waals surface area contributed by atoms with Gasteiger partial charge in [-0.2, -0.15) is 0 Å². The Morgan fingerprint density at radius 1 is 1.47 bits per heavy atom. The van der Waals surface area contributed by atoms with Crippen molar-refractivity contribution >= 4 is 5.69 Å². The number of benzene rings is 1. The number of nitro benzene ring substituents is 1. The zero-order chi connectivity index (χ0) is 11.3. The Balaban J connectivity index is 2.60. The molecule has 0 saturated heterocycles. The number of nitrogens with one attached hydrogen (secondary N) is 1. The van der Waals surface area contributed by atoms with Crippen molar-refractivity contribution < 1.29 is 9.66 Å². The van der Waals surface area contributed by atoms with Crippen LogP contribution in [0.2, 0.25) is 0 Å². The molecule has 0 heterocycles. The van der Waals surface area contributed by atoms with E-state index < -0.39 is 4.92 Å². The number of non-ortho nitro benzene ring substituents is 1. The van der Waals surface area contributed by atoms with Crippen molar-refractivity contribution in [2.24, 2.45) is 0 Å². The summed E-state index contributed by atoms with van der Waals surface area (Å²) in [6.07, 6.45) is 0.0384. The van der Waals surface area contributed by atoms with Crippen LogP contribution in [0.5, 0.6) is 5.75 Å². The average Bonchev–Trinajstić information content (AvgIpc) is 2.18. The summed E-state index contributed by atoms with van der Waals surface area (Å²) in [5.74, 6) is 0.642. The van der Waals surface area contributed by atoms with Gasteiger partial charge in [0.1, 0.15) is 11.9 Å². The summed E-state index contributed by atoms with van der Waals surface area (Å²) >= 11 is 0. The lowest BCUT2D eigenvalue weighted by Gasteiger charge is -2.13. The molecule has 0 aromatic heterocycles. The van der Waals surface area contributed by atoms with Crippen molar-refractivity contribution in [3.63, 3.8) is 0 Å². The van der Waals surface area contributed by atoms with Crippen LogP contribution in [0.1, 0.15) is 6.92 Å². The van der Waals surface area contributed by atoms with Crippen LogP contribution in [0.25, 0.3) is 0 Å². The molecule has 0 aliphatic rings. The zero-order valence-corrected chi connectivity index (χ0v) is 8.77. The molecule has 1 N–H and O–H groups in total. The van der Waals surface area contributed by atoms with Gasteiger partial charge in [0.15, 0.2) is 0 Å². The third-order valence-electron chi connectivity index (χ3n) is 1.88. The molecule has 1 atom stereocenters. The van der Waals surface area contributed by atoms with Gasteiger partial charge in [0, 0.05) is 18.7 Å². The van der Waals surface area contributed by atoms with Crippen molar-refractivity contribution in [1.29, 1.82) is 0 Å². The lowest BCUT2D eigenvalue weighted by Crippen LogP contribution is -2.25. The summed E-state index contributed by atoms with van der Waals surface area (Å²) in [7, 11) is 1.84. The van der Waals surface area contributed by atoms with E-state index in [9.17, 15) is 10.1 Å². The maximum Gasteiger partial charge on any atom is 0.269 e. The topological polar surface area (TPSA) is 64.4 Å². The zero-order valence-electron chi connectivity index (χ0n) is 8.77. The van der Waals surface area contributed by atoms with E-state index in [0.29, 0.717) is 5.75 Å². The van der Waals surface area contributed by atoms with Gasteiger partial charge in [-0.1, -0.05) is 0 Å². The van der Waals surface area contributed by atoms with E-state index in [1.165, 1.54) is 12.1 Å². The third kappa shape index (κ3) is 3.55. The van der Waals surface area contributed by atoms with Crippen molar-refractivity contribution in [3.8, 4) is 5.75 Å². The second-order valence-electron chi connectivity index (χ2n) is 3.24. The highest BCUT2D eigenvalue weighted by Gasteiger charge is 2.06. The van der Waals surface area contributed by atoms with Crippen LogP contribution >= 0.6 is 0 Å². The fraction of sp³-hybridized carbons (Fsp3) is 0.400. The number of rotatable bonds is 5. The maximum atomic E-state index is 10.4. The van der Waals surface area contributed by atoms with Crippen molar-refractivity contribution in [1.82, 2.24) is 5.32 Å². The molecule has 0 aliphatic heterocycles. The first-order valence-corrected chi connectivity index (χ1v) is 4.69. The van der Waals surface area contributed by atoms with Crippen LogP contribution in [0.15, 0.2) is 24.3 Å². The highest BCUT2D eigenvalue weighted by atomic mass is 16.6. The first-order valence-electron chi connectivity index (χ1n) is 4.69. The summed E-state index contributed by atoms with van der Waals surface area (Å²) in [6, 6.07) is 6.07. The molecule has 1 rings (SSSR count). The van der Waals surface area contributed by atoms with E-state index in [1.807, 2.05) is 14.0 Å². The van der Waals surface area contributed by atoms with Crippen LogP contribution < -0.4 is 10.1 Å². The Labute approximate surface area is 88.2 Å². The molecule has 0 bridgehead atoms. The second-order valence-corrected chi connectivity index (χ2v) is 3.24. The largest absolute Gasteiger partial charge is 0.489 e.